The normalized spacial score (nSPS) is 19.3. The number of aromatic nitrogens is 1. The van der Waals surface area contributed by atoms with E-state index < -0.39 is 0 Å². The number of piperazine rings is 1. The molecule has 5 rings (SSSR count). The highest BCUT2D eigenvalue weighted by Gasteiger charge is 2.33. The Labute approximate surface area is 180 Å². The van der Waals surface area contributed by atoms with Crippen LogP contribution in [0.5, 0.6) is 0 Å². The highest BCUT2D eigenvalue weighted by Crippen LogP contribution is 2.31. The molecule has 2 fully saturated rings. The van der Waals surface area contributed by atoms with E-state index in [4.69, 9.17) is 0 Å². The summed E-state index contributed by atoms with van der Waals surface area (Å²) in [5, 5.41) is 1.15. The van der Waals surface area contributed by atoms with Crippen LogP contribution in [-0.2, 0) is 27.2 Å². The molecule has 1 N–H and O–H groups in total. The van der Waals surface area contributed by atoms with Gasteiger partial charge < -0.3 is 14.8 Å². The van der Waals surface area contributed by atoms with Crippen LogP contribution in [-0.4, -0.2) is 76.0 Å². The summed E-state index contributed by atoms with van der Waals surface area (Å²) in [6, 6.07) is 5.90. The number of H-pyrrole nitrogens is 1. The van der Waals surface area contributed by atoms with Crippen LogP contribution in [0.4, 0.5) is 0 Å². The molecule has 0 unspecified atom stereocenters. The number of amides is 4. The summed E-state index contributed by atoms with van der Waals surface area (Å²) in [5.41, 5.74) is 4.20. The van der Waals surface area contributed by atoms with E-state index in [2.05, 4.69) is 11.1 Å². The number of aromatic amines is 1. The standard InChI is InChI=1S/C23H26N4O4/c28-19-8-9-20(29)27(19)14-21(30)25-10-12-26(13-11-25)23(31)17-6-3-5-16-15-4-1-2-7-18(15)24-22(16)17/h3,5-6,24H,1-2,4,7-14H2. The van der Waals surface area contributed by atoms with Gasteiger partial charge in [-0.2, -0.15) is 0 Å². The molecule has 0 atom stereocenters. The first kappa shape index (κ1) is 19.8. The van der Waals surface area contributed by atoms with Gasteiger partial charge in [-0.15, -0.1) is 0 Å². The average molecular weight is 422 g/mol. The number of para-hydroxylation sites is 1. The van der Waals surface area contributed by atoms with Crippen molar-refractivity contribution in [2.45, 2.75) is 38.5 Å². The van der Waals surface area contributed by atoms with Gasteiger partial charge in [-0.3, -0.25) is 24.1 Å². The smallest absolute Gasteiger partial charge is 0.256 e. The molecule has 162 valence electrons. The van der Waals surface area contributed by atoms with E-state index in [-0.39, 0.29) is 43.0 Å². The van der Waals surface area contributed by atoms with Crippen molar-refractivity contribution >= 4 is 34.5 Å². The number of nitrogens with one attached hydrogen (secondary N) is 1. The van der Waals surface area contributed by atoms with Crippen LogP contribution in [0.3, 0.4) is 0 Å². The maximum Gasteiger partial charge on any atom is 0.256 e. The summed E-state index contributed by atoms with van der Waals surface area (Å²) in [6.45, 7) is 1.47. The molecule has 3 heterocycles. The molecule has 4 amide bonds. The first-order valence-electron chi connectivity index (χ1n) is 11.1. The van der Waals surface area contributed by atoms with Gasteiger partial charge in [0.2, 0.25) is 17.7 Å². The summed E-state index contributed by atoms with van der Waals surface area (Å²) in [6.07, 6.45) is 4.80. The molecule has 31 heavy (non-hydrogen) atoms. The maximum absolute atomic E-state index is 13.3. The minimum atomic E-state index is -0.283. The number of fused-ring (bicyclic) bond motifs is 3. The number of carbonyl (C=O) groups excluding carboxylic acids is 4. The first-order valence-corrected chi connectivity index (χ1v) is 11.1. The lowest BCUT2D eigenvalue weighted by Crippen LogP contribution is -2.53. The van der Waals surface area contributed by atoms with Gasteiger partial charge in [-0.05, 0) is 37.3 Å². The zero-order chi connectivity index (χ0) is 21.5. The van der Waals surface area contributed by atoms with Crippen LogP contribution in [0.25, 0.3) is 10.9 Å². The molecular weight excluding hydrogens is 396 g/mol. The third kappa shape index (κ3) is 3.49. The number of nitrogens with zero attached hydrogens (tertiary/aromatic N) is 3. The van der Waals surface area contributed by atoms with Crippen molar-refractivity contribution in [3.05, 3.63) is 35.0 Å². The molecule has 0 bridgehead atoms. The molecule has 1 aromatic heterocycles. The topological polar surface area (TPSA) is 93.8 Å². The lowest BCUT2D eigenvalue weighted by molar-refractivity contribution is -0.146. The van der Waals surface area contributed by atoms with Crippen molar-refractivity contribution in [1.29, 1.82) is 0 Å². The van der Waals surface area contributed by atoms with E-state index in [1.807, 2.05) is 12.1 Å². The highest BCUT2D eigenvalue weighted by atomic mass is 16.2. The minimum Gasteiger partial charge on any atom is -0.358 e. The Morgan fingerprint density at radius 2 is 1.55 bits per heavy atom. The summed E-state index contributed by atoms with van der Waals surface area (Å²) in [7, 11) is 0. The Bertz CT molecular complexity index is 1060. The fraction of sp³-hybridized carbons (Fsp3) is 0.478. The van der Waals surface area contributed by atoms with Gasteiger partial charge in [0.1, 0.15) is 6.54 Å². The first-order chi connectivity index (χ1) is 15.0. The third-order valence-electron chi connectivity index (χ3n) is 6.73. The summed E-state index contributed by atoms with van der Waals surface area (Å²) in [4.78, 5) is 57.3. The number of hydrogen-bond donors (Lipinski definition) is 1. The fourth-order valence-electron chi connectivity index (χ4n) is 4.97. The van der Waals surface area contributed by atoms with Crippen LogP contribution in [0, 0.1) is 0 Å². The molecule has 3 aliphatic rings. The third-order valence-corrected chi connectivity index (χ3v) is 6.73. The van der Waals surface area contributed by atoms with Crippen molar-refractivity contribution in [2.24, 2.45) is 0 Å². The fourth-order valence-corrected chi connectivity index (χ4v) is 4.97. The Hall–Kier alpha value is -3.16. The van der Waals surface area contributed by atoms with Crippen molar-refractivity contribution in [1.82, 2.24) is 19.7 Å². The van der Waals surface area contributed by atoms with Crippen LogP contribution >= 0.6 is 0 Å². The Balaban J connectivity index is 1.26. The lowest BCUT2D eigenvalue weighted by Gasteiger charge is -2.35. The molecule has 2 aliphatic heterocycles. The van der Waals surface area contributed by atoms with E-state index >= 15 is 0 Å². The maximum atomic E-state index is 13.3. The number of likely N-dealkylation sites (tertiary alicyclic amines) is 1. The van der Waals surface area contributed by atoms with Crippen LogP contribution in [0.15, 0.2) is 18.2 Å². The summed E-state index contributed by atoms with van der Waals surface area (Å²) >= 11 is 0. The average Bonchev–Trinajstić information content (AvgIpc) is 3.33. The van der Waals surface area contributed by atoms with Crippen LogP contribution < -0.4 is 0 Å². The number of rotatable bonds is 3. The van der Waals surface area contributed by atoms with Crippen molar-refractivity contribution in [2.75, 3.05) is 32.7 Å². The summed E-state index contributed by atoms with van der Waals surface area (Å²) < 4.78 is 0. The second-order valence-electron chi connectivity index (χ2n) is 8.56. The van der Waals surface area contributed by atoms with E-state index in [1.165, 1.54) is 24.1 Å². The molecule has 1 aliphatic carbocycles. The van der Waals surface area contributed by atoms with Gasteiger partial charge in [0.15, 0.2) is 0 Å². The van der Waals surface area contributed by atoms with E-state index in [0.717, 1.165) is 28.6 Å². The predicted molar refractivity (Wildman–Crippen MR) is 113 cm³/mol. The molecule has 8 heteroatoms. The van der Waals surface area contributed by atoms with Crippen molar-refractivity contribution < 1.29 is 19.2 Å². The number of hydrogen-bond acceptors (Lipinski definition) is 4. The zero-order valence-corrected chi connectivity index (χ0v) is 17.5. The SMILES string of the molecule is O=C(CN1C(=O)CCC1=O)N1CCN(C(=O)c2cccc3c4c([nH]c23)CCCC4)CC1. The monoisotopic (exact) mass is 422 g/mol. The molecule has 0 saturated carbocycles. The van der Waals surface area contributed by atoms with Crippen molar-refractivity contribution in [3.8, 4) is 0 Å². The van der Waals surface area contributed by atoms with Gasteiger partial charge in [-0.1, -0.05) is 12.1 Å². The van der Waals surface area contributed by atoms with Crippen LogP contribution in [0.2, 0.25) is 0 Å². The lowest BCUT2D eigenvalue weighted by atomic mass is 9.95. The predicted octanol–water partition coefficient (Wildman–Crippen LogP) is 1.48. The van der Waals surface area contributed by atoms with E-state index in [0.29, 0.717) is 31.7 Å². The molecule has 8 nitrogen and oxygen atoms in total. The molecule has 0 radical (unpaired) electrons. The summed E-state index contributed by atoms with van der Waals surface area (Å²) in [5.74, 6) is -0.834. The van der Waals surface area contributed by atoms with Gasteiger partial charge in [0.25, 0.3) is 5.91 Å². The number of imide groups is 1. The molecule has 0 spiro atoms. The van der Waals surface area contributed by atoms with Gasteiger partial charge in [0, 0.05) is 50.1 Å². The Kier molecular flexibility index (Phi) is 5.00. The second-order valence-corrected chi connectivity index (χ2v) is 8.56. The highest BCUT2D eigenvalue weighted by molar-refractivity contribution is 6.07. The number of aryl methyl sites for hydroxylation is 2. The number of carbonyl (C=O) groups is 4. The zero-order valence-electron chi connectivity index (χ0n) is 17.5. The molecule has 1 aromatic carbocycles. The Morgan fingerprint density at radius 1 is 0.871 bits per heavy atom. The van der Waals surface area contributed by atoms with Crippen LogP contribution in [0.1, 0.15) is 47.3 Å². The van der Waals surface area contributed by atoms with Gasteiger partial charge in [-0.25, -0.2) is 0 Å². The van der Waals surface area contributed by atoms with Gasteiger partial charge >= 0.3 is 0 Å². The quantitative estimate of drug-likeness (QED) is 0.759. The molecule has 2 aromatic rings. The molecule has 2 saturated heterocycles. The van der Waals surface area contributed by atoms with E-state index in [9.17, 15) is 19.2 Å². The Morgan fingerprint density at radius 3 is 2.29 bits per heavy atom. The number of benzene rings is 1. The second kappa shape index (κ2) is 7.83. The molecular formula is C23H26N4O4. The van der Waals surface area contributed by atoms with E-state index in [1.54, 1.807) is 9.80 Å². The van der Waals surface area contributed by atoms with Gasteiger partial charge in [0.05, 0.1) is 11.1 Å². The minimum absolute atomic E-state index is 0.0267. The van der Waals surface area contributed by atoms with Crippen molar-refractivity contribution in [3.63, 3.8) is 0 Å². The largest absolute Gasteiger partial charge is 0.358 e.